The highest BCUT2D eigenvalue weighted by Crippen LogP contribution is 2.16. The standard InChI is InChI=1S/C10H21ClN2Si/c1-3-5-7-12-9-10-13(14(12)11)8-6-4-2/h9-10,14H,3-8H2,1-2H3. The van der Waals surface area contributed by atoms with Crippen molar-refractivity contribution in [3.63, 3.8) is 0 Å². The van der Waals surface area contributed by atoms with Crippen LogP contribution in [0, 0.1) is 0 Å². The number of hydrogen-bond donors (Lipinski definition) is 0. The summed E-state index contributed by atoms with van der Waals surface area (Å²) in [5.74, 6) is 0. The molecular formula is C10H21ClN2Si. The van der Waals surface area contributed by atoms with Crippen molar-refractivity contribution in [3.05, 3.63) is 12.4 Å². The van der Waals surface area contributed by atoms with E-state index in [0.717, 1.165) is 13.1 Å². The van der Waals surface area contributed by atoms with Gasteiger partial charge >= 0.3 is 8.43 Å². The van der Waals surface area contributed by atoms with Crippen molar-refractivity contribution in [2.45, 2.75) is 39.5 Å². The molecule has 0 aromatic heterocycles. The molecule has 0 unspecified atom stereocenters. The van der Waals surface area contributed by atoms with Crippen LogP contribution in [0.1, 0.15) is 39.5 Å². The lowest BCUT2D eigenvalue weighted by Crippen LogP contribution is -2.39. The molecule has 0 amide bonds. The van der Waals surface area contributed by atoms with E-state index in [9.17, 15) is 0 Å². The molecule has 0 spiro atoms. The average Bonchev–Trinajstić information content (AvgIpc) is 2.54. The van der Waals surface area contributed by atoms with Crippen molar-refractivity contribution in [2.24, 2.45) is 0 Å². The first-order valence-corrected chi connectivity index (χ1v) is 8.41. The maximum atomic E-state index is 6.44. The van der Waals surface area contributed by atoms with Crippen LogP contribution in [-0.2, 0) is 0 Å². The number of rotatable bonds is 6. The summed E-state index contributed by atoms with van der Waals surface area (Å²) < 4.78 is 4.70. The van der Waals surface area contributed by atoms with Crippen LogP contribution in [0.4, 0.5) is 0 Å². The van der Waals surface area contributed by atoms with E-state index in [-0.39, 0.29) is 0 Å². The van der Waals surface area contributed by atoms with Crippen LogP contribution in [0.2, 0.25) is 0 Å². The number of unbranched alkanes of at least 4 members (excludes halogenated alkanes) is 2. The largest absolute Gasteiger partial charge is 0.376 e. The van der Waals surface area contributed by atoms with E-state index in [0.29, 0.717) is 0 Å². The van der Waals surface area contributed by atoms with Crippen LogP contribution < -0.4 is 0 Å². The second kappa shape index (κ2) is 6.35. The molecule has 4 heteroatoms. The van der Waals surface area contributed by atoms with E-state index < -0.39 is 8.43 Å². The Morgan fingerprint density at radius 2 is 1.43 bits per heavy atom. The Morgan fingerprint density at radius 1 is 1.00 bits per heavy atom. The van der Waals surface area contributed by atoms with Crippen LogP contribution in [0.25, 0.3) is 0 Å². The first-order chi connectivity index (χ1) is 6.79. The lowest BCUT2D eigenvalue weighted by molar-refractivity contribution is 0.507. The van der Waals surface area contributed by atoms with Gasteiger partial charge < -0.3 is 9.13 Å². The van der Waals surface area contributed by atoms with Crippen LogP contribution in [0.15, 0.2) is 12.4 Å². The minimum atomic E-state index is -1.31. The number of halogens is 1. The second-order valence-electron chi connectivity index (χ2n) is 3.79. The Hall–Kier alpha value is -0.153. The maximum absolute atomic E-state index is 6.44. The van der Waals surface area contributed by atoms with E-state index in [2.05, 4.69) is 35.4 Å². The van der Waals surface area contributed by atoms with Gasteiger partial charge in [-0.2, -0.15) is 0 Å². The summed E-state index contributed by atoms with van der Waals surface area (Å²) in [5.41, 5.74) is 0. The van der Waals surface area contributed by atoms with Gasteiger partial charge in [0.05, 0.1) is 0 Å². The van der Waals surface area contributed by atoms with E-state index in [1.807, 2.05) is 0 Å². The number of hydrogen-bond acceptors (Lipinski definition) is 2. The Balaban J connectivity index is 2.28. The topological polar surface area (TPSA) is 6.48 Å². The predicted molar refractivity (Wildman–Crippen MR) is 65.4 cm³/mol. The van der Waals surface area contributed by atoms with Crippen LogP contribution >= 0.6 is 11.1 Å². The zero-order chi connectivity index (χ0) is 10.4. The molecule has 0 N–H and O–H groups in total. The van der Waals surface area contributed by atoms with Gasteiger partial charge in [0.15, 0.2) is 0 Å². The van der Waals surface area contributed by atoms with Gasteiger partial charge in [-0.25, -0.2) is 0 Å². The third kappa shape index (κ3) is 3.21. The fourth-order valence-electron chi connectivity index (χ4n) is 1.55. The zero-order valence-electron chi connectivity index (χ0n) is 9.25. The van der Waals surface area contributed by atoms with E-state index in [1.165, 1.54) is 25.7 Å². The summed E-state index contributed by atoms with van der Waals surface area (Å²) in [6.45, 7) is 6.71. The fourth-order valence-corrected chi connectivity index (χ4v) is 4.13. The van der Waals surface area contributed by atoms with E-state index in [4.69, 9.17) is 11.1 Å². The fraction of sp³-hybridized carbons (Fsp3) is 0.800. The van der Waals surface area contributed by atoms with Crippen LogP contribution in [0.3, 0.4) is 0 Å². The van der Waals surface area contributed by atoms with Gasteiger partial charge in [-0.1, -0.05) is 26.7 Å². The monoisotopic (exact) mass is 232 g/mol. The smallest absolute Gasteiger partial charge is 0.348 e. The molecule has 1 heterocycles. The minimum Gasteiger partial charge on any atom is -0.376 e. The molecular weight excluding hydrogens is 212 g/mol. The van der Waals surface area contributed by atoms with Gasteiger partial charge in [0.2, 0.25) is 0 Å². The molecule has 0 radical (unpaired) electrons. The van der Waals surface area contributed by atoms with Gasteiger partial charge in [0, 0.05) is 25.5 Å². The molecule has 0 saturated heterocycles. The summed E-state index contributed by atoms with van der Waals surface area (Å²) >= 11 is 6.44. The summed E-state index contributed by atoms with van der Waals surface area (Å²) in [7, 11) is -1.31. The third-order valence-electron chi connectivity index (χ3n) is 2.54. The van der Waals surface area contributed by atoms with Crippen LogP contribution in [0.5, 0.6) is 0 Å². The quantitative estimate of drug-likeness (QED) is 0.513. The highest BCUT2D eigenvalue weighted by molar-refractivity contribution is 7.04. The highest BCUT2D eigenvalue weighted by atomic mass is 35.6. The lowest BCUT2D eigenvalue weighted by atomic mass is 10.3. The Morgan fingerprint density at radius 3 is 1.79 bits per heavy atom. The van der Waals surface area contributed by atoms with Crippen molar-refractivity contribution >= 4 is 19.5 Å². The Labute approximate surface area is 94.0 Å². The molecule has 0 aromatic rings. The van der Waals surface area contributed by atoms with E-state index in [1.54, 1.807) is 0 Å². The van der Waals surface area contributed by atoms with Crippen molar-refractivity contribution in [2.75, 3.05) is 13.1 Å². The first kappa shape index (κ1) is 11.9. The molecule has 14 heavy (non-hydrogen) atoms. The third-order valence-corrected chi connectivity index (χ3v) is 6.00. The highest BCUT2D eigenvalue weighted by Gasteiger charge is 2.25. The molecule has 1 aliphatic heterocycles. The molecule has 82 valence electrons. The Kier molecular flexibility index (Phi) is 5.41. The Bertz CT molecular complexity index is 169. The van der Waals surface area contributed by atoms with Crippen LogP contribution in [-0.4, -0.2) is 30.7 Å². The molecule has 0 bridgehead atoms. The zero-order valence-corrected chi connectivity index (χ0v) is 11.2. The average molecular weight is 233 g/mol. The summed E-state index contributed by atoms with van der Waals surface area (Å²) in [6, 6.07) is 0. The van der Waals surface area contributed by atoms with Gasteiger partial charge in [0.1, 0.15) is 0 Å². The molecule has 2 nitrogen and oxygen atoms in total. The molecule has 0 fully saturated rings. The summed E-state index contributed by atoms with van der Waals surface area (Å²) in [6.07, 6.45) is 9.35. The summed E-state index contributed by atoms with van der Waals surface area (Å²) in [4.78, 5) is 0. The molecule has 0 saturated carbocycles. The van der Waals surface area contributed by atoms with Gasteiger partial charge in [-0.3, -0.25) is 0 Å². The SMILES string of the molecule is CCCCN1C=CN(CCCC)[SiH]1Cl. The predicted octanol–water partition coefficient (Wildman–Crippen LogP) is 2.63. The van der Waals surface area contributed by atoms with Crippen molar-refractivity contribution in [3.8, 4) is 0 Å². The summed E-state index contributed by atoms with van der Waals surface area (Å²) in [5, 5.41) is 0. The van der Waals surface area contributed by atoms with Gasteiger partial charge in [0.25, 0.3) is 0 Å². The van der Waals surface area contributed by atoms with Crippen molar-refractivity contribution in [1.29, 1.82) is 0 Å². The first-order valence-electron chi connectivity index (χ1n) is 5.63. The van der Waals surface area contributed by atoms with Gasteiger partial charge in [-0.05, 0) is 12.8 Å². The normalized spacial score (nSPS) is 17.1. The van der Waals surface area contributed by atoms with Crippen molar-refractivity contribution < 1.29 is 0 Å². The molecule has 0 aliphatic carbocycles. The maximum Gasteiger partial charge on any atom is 0.348 e. The molecule has 0 atom stereocenters. The van der Waals surface area contributed by atoms with Crippen molar-refractivity contribution in [1.82, 2.24) is 9.13 Å². The second-order valence-corrected chi connectivity index (χ2v) is 6.91. The molecule has 1 rings (SSSR count). The molecule has 1 aliphatic rings. The lowest BCUT2D eigenvalue weighted by Gasteiger charge is -2.25. The minimum absolute atomic E-state index is 1.13. The van der Waals surface area contributed by atoms with Gasteiger partial charge in [-0.15, -0.1) is 11.1 Å². The molecule has 0 aromatic carbocycles. The number of nitrogens with zero attached hydrogens (tertiary/aromatic N) is 2. The van der Waals surface area contributed by atoms with E-state index >= 15 is 0 Å².